The van der Waals surface area contributed by atoms with Gasteiger partial charge in [-0.25, -0.2) is 4.79 Å². The molecule has 0 saturated carbocycles. The highest BCUT2D eigenvalue weighted by Gasteiger charge is 2.28. The molecule has 0 bridgehead atoms. The van der Waals surface area contributed by atoms with Crippen molar-refractivity contribution in [3.8, 4) is 0 Å². The molecule has 1 aliphatic rings. The molecule has 1 amide bonds. The van der Waals surface area contributed by atoms with Crippen LogP contribution in [0.3, 0.4) is 0 Å². The molecule has 0 spiro atoms. The van der Waals surface area contributed by atoms with Crippen LogP contribution < -0.4 is 10.6 Å². The van der Waals surface area contributed by atoms with Gasteiger partial charge in [-0.2, -0.15) is 0 Å². The normalized spacial score (nSPS) is 22.7. The lowest BCUT2D eigenvalue weighted by Crippen LogP contribution is -2.50. The number of aliphatic carboxylic acids is 1. The first kappa shape index (κ1) is 12.0. The average Bonchev–Trinajstić information content (AvgIpc) is 2.65. The summed E-state index contributed by atoms with van der Waals surface area (Å²) < 4.78 is 0. The molecule has 0 radical (unpaired) electrons. The van der Waals surface area contributed by atoms with Crippen LogP contribution in [0.5, 0.6) is 0 Å². The molecule has 1 unspecified atom stereocenters. The van der Waals surface area contributed by atoms with Crippen LogP contribution in [-0.4, -0.2) is 35.6 Å². The Bertz CT molecular complexity index is 247. The van der Waals surface area contributed by atoms with Gasteiger partial charge in [0.05, 0.1) is 6.04 Å². The number of carboxylic acid groups (broad SMARTS) is 1. The monoisotopic (exact) mass is 214 g/mol. The van der Waals surface area contributed by atoms with Crippen molar-refractivity contribution >= 4 is 11.9 Å². The smallest absolute Gasteiger partial charge is 0.326 e. The third kappa shape index (κ3) is 3.20. The van der Waals surface area contributed by atoms with E-state index in [1.165, 1.54) is 0 Å². The lowest BCUT2D eigenvalue weighted by Gasteiger charge is -2.20. The molecule has 1 aliphatic heterocycles. The van der Waals surface area contributed by atoms with Crippen molar-refractivity contribution in [1.29, 1.82) is 0 Å². The minimum atomic E-state index is -0.976. The Hall–Kier alpha value is -1.10. The van der Waals surface area contributed by atoms with Gasteiger partial charge in [0.25, 0.3) is 0 Å². The summed E-state index contributed by atoms with van der Waals surface area (Å²) in [5, 5.41) is 14.5. The molecule has 3 N–H and O–H groups in total. The van der Waals surface area contributed by atoms with Gasteiger partial charge in [0.2, 0.25) is 5.91 Å². The van der Waals surface area contributed by atoms with Gasteiger partial charge in [-0.05, 0) is 25.3 Å². The molecule has 1 rings (SSSR count). The highest BCUT2D eigenvalue weighted by Crippen LogP contribution is 2.07. The molecule has 2 atom stereocenters. The van der Waals surface area contributed by atoms with E-state index in [1.54, 1.807) is 13.8 Å². The van der Waals surface area contributed by atoms with E-state index in [4.69, 9.17) is 5.11 Å². The minimum absolute atomic E-state index is 0.104. The molecule has 0 aliphatic carbocycles. The maximum atomic E-state index is 11.6. The van der Waals surface area contributed by atoms with Gasteiger partial charge in [0.15, 0.2) is 0 Å². The third-order valence-electron chi connectivity index (χ3n) is 2.61. The predicted molar refractivity (Wildman–Crippen MR) is 55.4 cm³/mol. The third-order valence-corrected chi connectivity index (χ3v) is 2.61. The maximum absolute atomic E-state index is 11.6. The summed E-state index contributed by atoms with van der Waals surface area (Å²) in [7, 11) is 0. The number of nitrogens with one attached hydrogen (secondary N) is 2. The Morgan fingerprint density at radius 1 is 1.47 bits per heavy atom. The van der Waals surface area contributed by atoms with Crippen LogP contribution in [0.1, 0.15) is 26.7 Å². The van der Waals surface area contributed by atoms with Crippen LogP contribution in [0.15, 0.2) is 0 Å². The van der Waals surface area contributed by atoms with E-state index in [1.807, 2.05) is 0 Å². The fourth-order valence-electron chi connectivity index (χ4n) is 1.68. The first-order valence-electron chi connectivity index (χ1n) is 5.29. The molecule has 0 aromatic heterocycles. The lowest BCUT2D eigenvalue weighted by molar-refractivity contribution is -0.143. The van der Waals surface area contributed by atoms with Gasteiger partial charge >= 0.3 is 5.97 Å². The largest absolute Gasteiger partial charge is 0.480 e. The van der Waals surface area contributed by atoms with Crippen LogP contribution >= 0.6 is 0 Å². The zero-order valence-electron chi connectivity index (χ0n) is 9.12. The Morgan fingerprint density at radius 2 is 2.13 bits per heavy atom. The fraction of sp³-hybridized carbons (Fsp3) is 0.800. The molecule has 15 heavy (non-hydrogen) atoms. The van der Waals surface area contributed by atoms with Crippen molar-refractivity contribution in [1.82, 2.24) is 10.6 Å². The van der Waals surface area contributed by atoms with Gasteiger partial charge < -0.3 is 15.7 Å². The molecule has 1 fully saturated rings. The topological polar surface area (TPSA) is 78.4 Å². The number of carbonyl (C=O) groups is 2. The van der Waals surface area contributed by atoms with Gasteiger partial charge in [0.1, 0.15) is 6.04 Å². The van der Waals surface area contributed by atoms with E-state index < -0.39 is 12.0 Å². The number of carbonyl (C=O) groups excluding carboxylic acids is 1. The molecular weight excluding hydrogens is 196 g/mol. The van der Waals surface area contributed by atoms with Gasteiger partial charge in [0, 0.05) is 0 Å². The van der Waals surface area contributed by atoms with Crippen LogP contribution in [0, 0.1) is 5.92 Å². The maximum Gasteiger partial charge on any atom is 0.326 e. The number of hydrogen-bond donors (Lipinski definition) is 3. The van der Waals surface area contributed by atoms with Crippen LogP contribution in [0.4, 0.5) is 0 Å². The average molecular weight is 214 g/mol. The summed E-state index contributed by atoms with van der Waals surface area (Å²) in [5.41, 5.74) is 0. The SMILES string of the molecule is CC(C)C(NC(=O)[C@@H]1CCCN1)C(=O)O. The van der Waals surface area contributed by atoms with Gasteiger partial charge in [-0.3, -0.25) is 4.79 Å². The Morgan fingerprint density at radius 3 is 2.53 bits per heavy atom. The second-order valence-electron chi connectivity index (χ2n) is 4.22. The summed E-state index contributed by atoms with van der Waals surface area (Å²) >= 11 is 0. The van der Waals surface area contributed by atoms with E-state index in [2.05, 4.69) is 10.6 Å². The zero-order valence-corrected chi connectivity index (χ0v) is 9.12. The van der Waals surface area contributed by atoms with Crippen molar-refractivity contribution < 1.29 is 14.7 Å². The molecule has 0 aromatic rings. The second kappa shape index (κ2) is 5.11. The Kier molecular flexibility index (Phi) is 4.08. The summed E-state index contributed by atoms with van der Waals surface area (Å²) in [5.74, 6) is -1.28. The molecule has 86 valence electrons. The van der Waals surface area contributed by atoms with Crippen LogP contribution in [0.25, 0.3) is 0 Å². The van der Waals surface area contributed by atoms with Gasteiger partial charge in [-0.1, -0.05) is 13.8 Å². The second-order valence-corrected chi connectivity index (χ2v) is 4.22. The summed E-state index contributed by atoms with van der Waals surface area (Å²) in [6.07, 6.45) is 1.76. The van der Waals surface area contributed by atoms with Crippen molar-refractivity contribution in [2.24, 2.45) is 5.92 Å². The van der Waals surface area contributed by atoms with Crippen molar-refractivity contribution in [2.75, 3.05) is 6.54 Å². The fourth-order valence-corrected chi connectivity index (χ4v) is 1.68. The number of rotatable bonds is 4. The summed E-state index contributed by atoms with van der Waals surface area (Å²) in [6, 6.07) is -1.01. The molecule has 5 nitrogen and oxygen atoms in total. The predicted octanol–water partition coefficient (Wildman–Crippen LogP) is -0.0362. The molecule has 0 aromatic carbocycles. The molecule has 1 saturated heterocycles. The number of amides is 1. The molecule has 5 heteroatoms. The van der Waals surface area contributed by atoms with E-state index in [9.17, 15) is 9.59 Å². The zero-order chi connectivity index (χ0) is 11.4. The summed E-state index contributed by atoms with van der Waals surface area (Å²) in [6.45, 7) is 4.39. The highest BCUT2D eigenvalue weighted by atomic mass is 16.4. The summed E-state index contributed by atoms with van der Waals surface area (Å²) in [4.78, 5) is 22.5. The van der Waals surface area contributed by atoms with E-state index >= 15 is 0 Å². The Labute approximate surface area is 89.2 Å². The highest BCUT2D eigenvalue weighted by molar-refractivity contribution is 5.87. The quantitative estimate of drug-likeness (QED) is 0.614. The van der Waals surface area contributed by atoms with Crippen LogP contribution in [0.2, 0.25) is 0 Å². The van der Waals surface area contributed by atoms with Gasteiger partial charge in [-0.15, -0.1) is 0 Å². The number of hydrogen-bond acceptors (Lipinski definition) is 3. The van der Waals surface area contributed by atoms with E-state index in [-0.39, 0.29) is 17.9 Å². The number of carboxylic acids is 1. The van der Waals surface area contributed by atoms with Crippen LogP contribution in [-0.2, 0) is 9.59 Å². The van der Waals surface area contributed by atoms with E-state index in [0.717, 1.165) is 19.4 Å². The van der Waals surface area contributed by atoms with Crippen molar-refractivity contribution in [2.45, 2.75) is 38.8 Å². The Balaban J connectivity index is 2.50. The van der Waals surface area contributed by atoms with Crippen molar-refractivity contribution in [3.05, 3.63) is 0 Å². The standard InChI is InChI=1S/C10H18N2O3/c1-6(2)8(10(14)15)12-9(13)7-4-3-5-11-7/h6-8,11H,3-5H2,1-2H3,(H,12,13)(H,14,15)/t7-,8?/m0/s1. The molecule has 1 heterocycles. The van der Waals surface area contributed by atoms with Crippen molar-refractivity contribution in [3.63, 3.8) is 0 Å². The first-order chi connectivity index (χ1) is 7.02. The first-order valence-corrected chi connectivity index (χ1v) is 5.29. The molecular formula is C10H18N2O3. The lowest BCUT2D eigenvalue weighted by atomic mass is 10.0. The van der Waals surface area contributed by atoms with E-state index in [0.29, 0.717) is 0 Å². The minimum Gasteiger partial charge on any atom is -0.480 e.